The smallest absolute Gasteiger partial charge is 0.220 e. The van der Waals surface area contributed by atoms with Crippen molar-refractivity contribution in [3.05, 3.63) is 54.5 Å². The Labute approximate surface area is 122 Å². The standard InChI is InChI=1S/C16H15N5/c1-10-14(12-5-3-7-19-9-12)15(21-16(18)20-10)11-4-2-6-13(17)8-11/h2-9H,17H2,1H3,(H2,18,20,21). The van der Waals surface area contributed by atoms with Gasteiger partial charge in [-0.2, -0.15) is 0 Å². The number of nitrogen functional groups attached to an aromatic ring is 2. The van der Waals surface area contributed by atoms with Crippen molar-refractivity contribution in [1.29, 1.82) is 0 Å². The Morgan fingerprint density at radius 3 is 2.48 bits per heavy atom. The molecule has 5 heteroatoms. The molecule has 21 heavy (non-hydrogen) atoms. The molecule has 0 radical (unpaired) electrons. The van der Waals surface area contributed by atoms with Gasteiger partial charge < -0.3 is 11.5 Å². The van der Waals surface area contributed by atoms with Crippen LogP contribution in [0.1, 0.15) is 5.69 Å². The SMILES string of the molecule is Cc1nc(N)nc(-c2cccc(N)c2)c1-c1cccnc1. The summed E-state index contributed by atoms with van der Waals surface area (Å²) in [5, 5.41) is 0. The first kappa shape index (κ1) is 13.1. The summed E-state index contributed by atoms with van der Waals surface area (Å²) in [4.78, 5) is 12.8. The van der Waals surface area contributed by atoms with Crippen LogP contribution < -0.4 is 11.5 Å². The third-order valence-electron chi connectivity index (χ3n) is 3.22. The van der Waals surface area contributed by atoms with Crippen LogP contribution in [0.4, 0.5) is 11.6 Å². The molecule has 4 N–H and O–H groups in total. The van der Waals surface area contributed by atoms with Gasteiger partial charge in [-0.25, -0.2) is 9.97 Å². The second kappa shape index (κ2) is 5.20. The number of nitrogens with two attached hydrogens (primary N) is 2. The van der Waals surface area contributed by atoms with E-state index < -0.39 is 0 Å². The van der Waals surface area contributed by atoms with E-state index in [9.17, 15) is 0 Å². The molecule has 1 aromatic carbocycles. The fourth-order valence-electron chi connectivity index (χ4n) is 2.35. The van der Waals surface area contributed by atoms with Crippen molar-refractivity contribution >= 4 is 11.6 Å². The quantitative estimate of drug-likeness (QED) is 0.703. The normalized spacial score (nSPS) is 10.5. The number of benzene rings is 1. The zero-order chi connectivity index (χ0) is 14.8. The molecule has 0 saturated heterocycles. The first-order chi connectivity index (χ1) is 10.1. The molecule has 3 aromatic rings. The van der Waals surface area contributed by atoms with Gasteiger partial charge in [0.2, 0.25) is 5.95 Å². The van der Waals surface area contributed by atoms with Gasteiger partial charge in [0, 0.05) is 34.8 Å². The van der Waals surface area contributed by atoms with Gasteiger partial charge in [-0.3, -0.25) is 4.98 Å². The van der Waals surface area contributed by atoms with Crippen molar-refractivity contribution in [2.45, 2.75) is 6.92 Å². The van der Waals surface area contributed by atoms with Crippen molar-refractivity contribution in [3.8, 4) is 22.4 Å². The van der Waals surface area contributed by atoms with Crippen LogP contribution >= 0.6 is 0 Å². The first-order valence-electron chi connectivity index (χ1n) is 6.55. The Morgan fingerprint density at radius 2 is 1.76 bits per heavy atom. The monoisotopic (exact) mass is 277 g/mol. The van der Waals surface area contributed by atoms with Crippen LogP contribution in [0.3, 0.4) is 0 Å². The van der Waals surface area contributed by atoms with E-state index in [4.69, 9.17) is 11.5 Å². The van der Waals surface area contributed by atoms with E-state index in [0.29, 0.717) is 5.69 Å². The molecule has 0 aliphatic rings. The van der Waals surface area contributed by atoms with Crippen molar-refractivity contribution in [1.82, 2.24) is 15.0 Å². The predicted molar refractivity (Wildman–Crippen MR) is 84.3 cm³/mol. The minimum Gasteiger partial charge on any atom is -0.399 e. The molecule has 3 rings (SSSR count). The lowest BCUT2D eigenvalue weighted by molar-refractivity contribution is 1.12. The molecule has 2 aromatic heterocycles. The topological polar surface area (TPSA) is 90.7 Å². The maximum Gasteiger partial charge on any atom is 0.220 e. The van der Waals surface area contributed by atoms with Crippen molar-refractivity contribution in [2.24, 2.45) is 0 Å². The molecule has 5 nitrogen and oxygen atoms in total. The number of nitrogens with zero attached hydrogens (tertiary/aromatic N) is 3. The van der Waals surface area contributed by atoms with Crippen molar-refractivity contribution in [3.63, 3.8) is 0 Å². The summed E-state index contributed by atoms with van der Waals surface area (Å²) in [5.41, 5.74) is 16.7. The number of hydrogen-bond acceptors (Lipinski definition) is 5. The molecule has 2 heterocycles. The lowest BCUT2D eigenvalue weighted by Crippen LogP contribution is -2.02. The van der Waals surface area contributed by atoms with Crippen LogP contribution in [-0.2, 0) is 0 Å². The molecule has 0 spiro atoms. The number of hydrogen-bond donors (Lipinski definition) is 2. The van der Waals surface area contributed by atoms with E-state index in [0.717, 1.165) is 28.1 Å². The van der Waals surface area contributed by atoms with Gasteiger partial charge in [-0.05, 0) is 25.1 Å². The molecule has 0 atom stereocenters. The summed E-state index contributed by atoms with van der Waals surface area (Å²) in [6.45, 7) is 1.91. The molecule has 0 aliphatic heterocycles. The second-order valence-corrected chi connectivity index (χ2v) is 4.76. The largest absolute Gasteiger partial charge is 0.399 e. The average Bonchev–Trinajstić information content (AvgIpc) is 2.47. The Bertz CT molecular complexity index is 784. The van der Waals surface area contributed by atoms with Crippen LogP contribution in [0.25, 0.3) is 22.4 Å². The second-order valence-electron chi connectivity index (χ2n) is 4.76. The summed E-state index contributed by atoms with van der Waals surface area (Å²) >= 11 is 0. The van der Waals surface area contributed by atoms with E-state index in [-0.39, 0.29) is 5.95 Å². The van der Waals surface area contributed by atoms with Gasteiger partial charge in [0.25, 0.3) is 0 Å². The van der Waals surface area contributed by atoms with Crippen LogP contribution in [0, 0.1) is 6.92 Å². The first-order valence-corrected chi connectivity index (χ1v) is 6.55. The molecule has 0 fully saturated rings. The molecule has 0 aliphatic carbocycles. The van der Waals surface area contributed by atoms with Gasteiger partial charge in [-0.15, -0.1) is 0 Å². The third kappa shape index (κ3) is 2.53. The molecular weight excluding hydrogens is 262 g/mol. The molecule has 0 bridgehead atoms. The number of anilines is 2. The van der Waals surface area contributed by atoms with Crippen molar-refractivity contribution in [2.75, 3.05) is 11.5 Å². The summed E-state index contributed by atoms with van der Waals surface area (Å²) in [5.74, 6) is 0.248. The lowest BCUT2D eigenvalue weighted by atomic mass is 9.99. The number of aryl methyl sites for hydroxylation is 1. The van der Waals surface area contributed by atoms with Crippen LogP contribution in [0.15, 0.2) is 48.8 Å². The summed E-state index contributed by atoms with van der Waals surface area (Å²) in [7, 11) is 0. The Morgan fingerprint density at radius 1 is 0.952 bits per heavy atom. The van der Waals surface area contributed by atoms with E-state index in [1.54, 1.807) is 12.4 Å². The fourth-order valence-corrected chi connectivity index (χ4v) is 2.35. The summed E-state index contributed by atoms with van der Waals surface area (Å²) < 4.78 is 0. The van der Waals surface area contributed by atoms with Crippen LogP contribution in [0.5, 0.6) is 0 Å². The molecule has 0 amide bonds. The van der Waals surface area contributed by atoms with Gasteiger partial charge in [0.15, 0.2) is 0 Å². The Kier molecular flexibility index (Phi) is 3.23. The lowest BCUT2D eigenvalue weighted by Gasteiger charge is -2.12. The molecular formula is C16H15N5. The van der Waals surface area contributed by atoms with E-state index >= 15 is 0 Å². The van der Waals surface area contributed by atoms with Gasteiger partial charge in [0.05, 0.1) is 11.4 Å². The zero-order valence-corrected chi connectivity index (χ0v) is 11.6. The summed E-state index contributed by atoms with van der Waals surface area (Å²) in [6.07, 6.45) is 3.52. The predicted octanol–water partition coefficient (Wildman–Crippen LogP) is 2.68. The van der Waals surface area contributed by atoms with Gasteiger partial charge in [0.1, 0.15) is 0 Å². The minimum atomic E-state index is 0.248. The maximum absolute atomic E-state index is 5.87. The summed E-state index contributed by atoms with van der Waals surface area (Å²) in [6, 6.07) is 11.4. The minimum absolute atomic E-state index is 0.248. The highest BCUT2D eigenvalue weighted by atomic mass is 15.0. The molecule has 0 unspecified atom stereocenters. The number of rotatable bonds is 2. The maximum atomic E-state index is 5.87. The van der Waals surface area contributed by atoms with Crippen molar-refractivity contribution < 1.29 is 0 Å². The third-order valence-corrected chi connectivity index (χ3v) is 3.22. The Balaban J connectivity index is 2.29. The zero-order valence-electron chi connectivity index (χ0n) is 11.6. The average molecular weight is 277 g/mol. The highest BCUT2D eigenvalue weighted by molar-refractivity contribution is 5.83. The highest BCUT2D eigenvalue weighted by Gasteiger charge is 2.14. The fraction of sp³-hybridized carbons (Fsp3) is 0.0625. The van der Waals surface area contributed by atoms with E-state index in [1.807, 2.05) is 43.3 Å². The molecule has 0 saturated carbocycles. The number of aromatic nitrogens is 3. The van der Waals surface area contributed by atoms with E-state index in [1.165, 1.54) is 0 Å². The van der Waals surface area contributed by atoms with E-state index in [2.05, 4.69) is 15.0 Å². The number of pyridine rings is 1. The van der Waals surface area contributed by atoms with Gasteiger partial charge >= 0.3 is 0 Å². The van der Waals surface area contributed by atoms with Crippen LogP contribution in [-0.4, -0.2) is 15.0 Å². The molecule has 104 valence electrons. The van der Waals surface area contributed by atoms with Crippen LogP contribution in [0.2, 0.25) is 0 Å². The van der Waals surface area contributed by atoms with Gasteiger partial charge in [-0.1, -0.05) is 18.2 Å². The highest BCUT2D eigenvalue weighted by Crippen LogP contribution is 2.33. The Hall–Kier alpha value is -2.95.